The summed E-state index contributed by atoms with van der Waals surface area (Å²) in [6, 6.07) is 7.27. The smallest absolute Gasteiger partial charge is 0.225 e. The first-order valence-corrected chi connectivity index (χ1v) is 10.2. The van der Waals surface area contributed by atoms with Gasteiger partial charge in [-0.05, 0) is 37.6 Å². The van der Waals surface area contributed by atoms with Crippen LogP contribution in [-0.2, 0) is 6.54 Å². The Morgan fingerprint density at radius 1 is 1.14 bits per heavy atom. The van der Waals surface area contributed by atoms with Gasteiger partial charge in [0.1, 0.15) is 5.82 Å². The van der Waals surface area contributed by atoms with E-state index in [9.17, 15) is 4.39 Å². The Morgan fingerprint density at radius 3 is 2.41 bits per heavy atom. The van der Waals surface area contributed by atoms with E-state index in [1.807, 2.05) is 36.9 Å². The van der Waals surface area contributed by atoms with Gasteiger partial charge in [0.15, 0.2) is 5.96 Å². The molecule has 0 radical (unpaired) electrons. The zero-order chi connectivity index (χ0) is 20.6. The Hall–Kier alpha value is -2.90. The third-order valence-electron chi connectivity index (χ3n) is 5.19. The Labute approximate surface area is 172 Å². The lowest BCUT2D eigenvalue weighted by molar-refractivity contribution is 0.370. The molecule has 1 saturated heterocycles. The largest absolute Gasteiger partial charge is 0.370 e. The summed E-state index contributed by atoms with van der Waals surface area (Å²) in [5.41, 5.74) is 1.55. The minimum absolute atomic E-state index is 0.181. The van der Waals surface area contributed by atoms with Gasteiger partial charge < -0.3 is 20.0 Å². The van der Waals surface area contributed by atoms with Crippen LogP contribution in [0.4, 0.5) is 16.0 Å². The van der Waals surface area contributed by atoms with Crippen molar-refractivity contribution in [3.63, 3.8) is 0 Å². The Kier molecular flexibility index (Phi) is 7.21. The lowest BCUT2D eigenvalue weighted by atomic mass is 10.1. The number of nitrogens with zero attached hydrogens (tertiary/aromatic N) is 6. The predicted molar refractivity (Wildman–Crippen MR) is 116 cm³/mol. The van der Waals surface area contributed by atoms with E-state index in [4.69, 9.17) is 0 Å². The van der Waals surface area contributed by atoms with Crippen LogP contribution >= 0.6 is 0 Å². The molecule has 0 spiro atoms. The molecule has 8 heteroatoms. The fourth-order valence-corrected chi connectivity index (χ4v) is 3.57. The van der Waals surface area contributed by atoms with Crippen molar-refractivity contribution in [2.24, 2.45) is 4.99 Å². The molecule has 1 aliphatic rings. The average molecular weight is 400 g/mol. The van der Waals surface area contributed by atoms with Crippen molar-refractivity contribution in [1.29, 1.82) is 0 Å². The number of anilines is 2. The zero-order valence-electron chi connectivity index (χ0n) is 17.5. The molecule has 156 valence electrons. The Bertz CT molecular complexity index is 800. The van der Waals surface area contributed by atoms with E-state index in [-0.39, 0.29) is 5.82 Å². The fourth-order valence-electron chi connectivity index (χ4n) is 3.57. The zero-order valence-corrected chi connectivity index (χ0v) is 17.5. The molecule has 29 heavy (non-hydrogen) atoms. The van der Waals surface area contributed by atoms with E-state index >= 15 is 0 Å². The number of halogens is 1. The first-order chi connectivity index (χ1) is 14.2. The highest BCUT2D eigenvalue weighted by molar-refractivity contribution is 5.80. The molecule has 0 atom stereocenters. The molecule has 1 aromatic heterocycles. The van der Waals surface area contributed by atoms with Crippen molar-refractivity contribution < 1.29 is 4.39 Å². The molecule has 0 aliphatic carbocycles. The first-order valence-electron chi connectivity index (χ1n) is 10.2. The summed E-state index contributed by atoms with van der Waals surface area (Å²) in [5.74, 6) is 1.41. The molecule has 1 aromatic carbocycles. The molecular weight excluding hydrogens is 369 g/mol. The summed E-state index contributed by atoms with van der Waals surface area (Å²) in [5, 5.41) is 3.36. The second-order valence-electron chi connectivity index (χ2n) is 6.88. The van der Waals surface area contributed by atoms with Crippen LogP contribution in [0.2, 0.25) is 0 Å². The number of hydrogen-bond donors (Lipinski definition) is 1. The van der Waals surface area contributed by atoms with Crippen molar-refractivity contribution in [2.45, 2.75) is 20.4 Å². The molecule has 1 fully saturated rings. The highest BCUT2D eigenvalue weighted by Gasteiger charge is 2.21. The number of piperazine rings is 1. The van der Waals surface area contributed by atoms with Gasteiger partial charge in [-0.2, -0.15) is 0 Å². The number of benzene rings is 1. The molecule has 2 heterocycles. The normalized spacial score (nSPS) is 14.8. The van der Waals surface area contributed by atoms with Gasteiger partial charge in [0.2, 0.25) is 5.95 Å². The second kappa shape index (κ2) is 10.0. The van der Waals surface area contributed by atoms with Crippen LogP contribution < -0.4 is 15.1 Å². The van der Waals surface area contributed by atoms with E-state index < -0.39 is 0 Å². The molecule has 1 N–H and O–H groups in total. The maximum Gasteiger partial charge on any atom is 0.225 e. The number of rotatable bonds is 6. The number of aliphatic imine (C=N–C) groups is 1. The van der Waals surface area contributed by atoms with Gasteiger partial charge in [-0.25, -0.2) is 14.4 Å². The van der Waals surface area contributed by atoms with Gasteiger partial charge in [-0.3, -0.25) is 4.99 Å². The van der Waals surface area contributed by atoms with Crippen LogP contribution in [0.15, 0.2) is 41.7 Å². The minimum Gasteiger partial charge on any atom is -0.370 e. The van der Waals surface area contributed by atoms with Crippen molar-refractivity contribution in [2.75, 3.05) is 56.1 Å². The topological polar surface area (TPSA) is 59.9 Å². The van der Waals surface area contributed by atoms with Crippen molar-refractivity contribution in [1.82, 2.24) is 20.2 Å². The standard InChI is InChI=1S/C21H30FN7/c1-4-27(5-2)19-8-7-17(15-18(19)22)16-26-20(23-3)28-11-13-29(14-12-28)21-24-9-6-10-25-21/h6-10,15H,4-5,11-14,16H2,1-3H3,(H,23,26). The number of hydrogen-bond acceptors (Lipinski definition) is 5. The maximum atomic E-state index is 14.5. The summed E-state index contributed by atoms with van der Waals surface area (Å²) in [6.45, 7) is 9.49. The fraction of sp³-hybridized carbons (Fsp3) is 0.476. The third kappa shape index (κ3) is 5.13. The van der Waals surface area contributed by atoms with Crippen molar-refractivity contribution in [3.05, 3.63) is 48.0 Å². The Balaban J connectivity index is 1.55. The van der Waals surface area contributed by atoms with Gasteiger partial charge >= 0.3 is 0 Å². The van der Waals surface area contributed by atoms with Gasteiger partial charge in [-0.15, -0.1) is 0 Å². The highest BCUT2D eigenvalue weighted by Crippen LogP contribution is 2.20. The van der Waals surface area contributed by atoms with E-state index in [0.29, 0.717) is 12.2 Å². The molecular formula is C21H30FN7. The Morgan fingerprint density at radius 2 is 1.83 bits per heavy atom. The summed E-state index contributed by atoms with van der Waals surface area (Å²) in [4.78, 5) is 19.4. The van der Waals surface area contributed by atoms with Gasteiger partial charge in [-0.1, -0.05) is 6.07 Å². The van der Waals surface area contributed by atoms with Gasteiger partial charge in [0, 0.05) is 65.3 Å². The summed E-state index contributed by atoms with van der Waals surface area (Å²) >= 11 is 0. The molecule has 7 nitrogen and oxygen atoms in total. The quantitative estimate of drug-likeness (QED) is 0.594. The summed E-state index contributed by atoms with van der Waals surface area (Å²) in [7, 11) is 1.78. The van der Waals surface area contributed by atoms with Crippen molar-refractivity contribution >= 4 is 17.6 Å². The maximum absolute atomic E-state index is 14.5. The van der Waals surface area contributed by atoms with Gasteiger partial charge in [0.05, 0.1) is 5.69 Å². The van der Waals surface area contributed by atoms with Gasteiger partial charge in [0.25, 0.3) is 0 Å². The van der Waals surface area contributed by atoms with Crippen molar-refractivity contribution in [3.8, 4) is 0 Å². The van der Waals surface area contributed by atoms with Crippen LogP contribution in [0.5, 0.6) is 0 Å². The number of guanidine groups is 1. The molecule has 0 amide bonds. The molecule has 2 aromatic rings. The SMILES string of the molecule is CCN(CC)c1ccc(CNC(=NC)N2CCN(c3ncccn3)CC2)cc1F. The third-order valence-corrected chi connectivity index (χ3v) is 5.19. The minimum atomic E-state index is -0.181. The highest BCUT2D eigenvalue weighted by atomic mass is 19.1. The van der Waals surface area contributed by atoms with E-state index in [1.165, 1.54) is 0 Å². The molecule has 1 aliphatic heterocycles. The average Bonchev–Trinajstić information content (AvgIpc) is 2.77. The molecule has 3 rings (SSSR count). The first kappa shape index (κ1) is 20.8. The molecule has 0 bridgehead atoms. The monoisotopic (exact) mass is 399 g/mol. The van der Waals surface area contributed by atoms with Crippen LogP contribution in [0.1, 0.15) is 19.4 Å². The summed E-state index contributed by atoms with van der Waals surface area (Å²) < 4.78 is 14.5. The lowest BCUT2D eigenvalue weighted by Crippen LogP contribution is -2.52. The van der Waals surface area contributed by atoms with Crippen LogP contribution in [0, 0.1) is 5.82 Å². The lowest BCUT2D eigenvalue weighted by Gasteiger charge is -2.36. The van der Waals surface area contributed by atoms with Crippen LogP contribution in [0.3, 0.4) is 0 Å². The predicted octanol–water partition coefficient (Wildman–Crippen LogP) is 2.36. The van der Waals surface area contributed by atoms with E-state index in [0.717, 1.165) is 56.7 Å². The van der Waals surface area contributed by atoms with Crippen LogP contribution in [-0.4, -0.2) is 67.1 Å². The molecule has 0 saturated carbocycles. The van der Waals surface area contributed by atoms with Crippen LogP contribution in [0.25, 0.3) is 0 Å². The molecule has 0 unspecified atom stereocenters. The summed E-state index contributed by atoms with van der Waals surface area (Å²) in [6.07, 6.45) is 3.53. The number of aromatic nitrogens is 2. The van der Waals surface area contributed by atoms with E-state index in [1.54, 1.807) is 25.5 Å². The number of nitrogens with one attached hydrogen (secondary N) is 1. The second-order valence-corrected chi connectivity index (χ2v) is 6.88. The van der Waals surface area contributed by atoms with E-state index in [2.05, 4.69) is 30.1 Å².